The average molecular weight is 476 g/mol. The van der Waals surface area contributed by atoms with Crippen molar-refractivity contribution in [2.75, 3.05) is 5.32 Å². The number of carbonyl (C=O) groups is 2. The predicted octanol–water partition coefficient (Wildman–Crippen LogP) is 4.96. The molecule has 0 saturated heterocycles. The molecule has 4 aromatic rings. The molecule has 0 radical (unpaired) electrons. The number of nitrogens with zero attached hydrogens (tertiary/aromatic N) is 2. The maximum atomic E-state index is 13.1. The fourth-order valence-electron chi connectivity index (χ4n) is 3.92. The zero-order valence-corrected chi connectivity index (χ0v) is 18.9. The Morgan fingerprint density at radius 2 is 1.85 bits per heavy atom. The summed E-state index contributed by atoms with van der Waals surface area (Å²) in [5.74, 6) is -0.352. The lowest BCUT2D eigenvalue weighted by molar-refractivity contribution is 0.0766. The SMILES string of the molecule is O=C(Nc1cccc2c1CN(Cc1cccc(-n3ccccc3=O)c1)C2=O)c1ccc(Cl)s1. The van der Waals surface area contributed by atoms with Crippen LogP contribution in [0, 0.1) is 0 Å². The monoisotopic (exact) mass is 475 g/mol. The molecule has 0 unspecified atom stereocenters. The number of hydrogen-bond acceptors (Lipinski definition) is 4. The lowest BCUT2D eigenvalue weighted by Gasteiger charge is -2.17. The zero-order valence-electron chi connectivity index (χ0n) is 17.3. The molecule has 8 heteroatoms. The number of pyridine rings is 1. The highest BCUT2D eigenvalue weighted by molar-refractivity contribution is 7.18. The summed E-state index contributed by atoms with van der Waals surface area (Å²) in [4.78, 5) is 40.1. The fraction of sp³-hybridized carbons (Fsp3) is 0.0800. The van der Waals surface area contributed by atoms with E-state index in [1.165, 1.54) is 17.4 Å². The van der Waals surface area contributed by atoms with Gasteiger partial charge in [-0.3, -0.25) is 19.0 Å². The van der Waals surface area contributed by atoms with Crippen LogP contribution in [0.4, 0.5) is 5.69 Å². The van der Waals surface area contributed by atoms with Gasteiger partial charge in [0.1, 0.15) is 0 Å². The van der Waals surface area contributed by atoms with Gasteiger partial charge >= 0.3 is 0 Å². The number of aromatic nitrogens is 1. The number of amides is 2. The van der Waals surface area contributed by atoms with Crippen LogP contribution in [0.25, 0.3) is 5.69 Å². The van der Waals surface area contributed by atoms with Crippen molar-refractivity contribution < 1.29 is 9.59 Å². The number of thiophene rings is 1. The molecule has 0 bridgehead atoms. The summed E-state index contributed by atoms with van der Waals surface area (Å²) in [6.07, 6.45) is 1.72. The molecule has 0 saturated carbocycles. The molecule has 5 rings (SSSR count). The second-order valence-corrected chi connectivity index (χ2v) is 9.34. The minimum atomic E-state index is -0.257. The van der Waals surface area contributed by atoms with E-state index in [1.54, 1.807) is 58.1 Å². The smallest absolute Gasteiger partial charge is 0.265 e. The third kappa shape index (κ3) is 4.20. The summed E-state index contributed by atoms with van der Waals surface area (Å²) >= 11 is 7.15. The van der Waals surface area contributed by atoms with E-state index in [1.807, 2.05) is 24.3 Å². The minimum absolute atomic E-state index is 0.0949. The quantitative estimate of drug-likeness (QED) is 0.443. The predicted molar refractivity (Wildman–Crippen MR) is 129 cm³/mol. The number of hydrogen-bond donors (Lipinski definition) is 1. The summed E-state index contributed by atoms with van der Waals surface area (Å²) in [5.41, 5.74) is 3.50. The van der Waals surface area contributed by atoms with Crippen LogP contribution in [0.5, 0.6) is 0 Å². The van der Waals surface area contributed by atoms with Gasteiger partial charge in [-0.05, 0) is 48.0 Å². The first-order valence-corrected chi connectivity index (χ1v) is 11.4. The molecule has 2 amide bonds. The van der Waals surface area contributed by atoms with Crippen molar-refractivity contribution in [3.63, 3.8) is 0 Å². The Balaban J connectivity index is 1.37. The van der Waals surface area contributed by atoms with Crippen LogP contribution >= 0.6 is 22.9 Å². The Morgan fingerprint density at radius 3 is 2.64 bits per heavy atom. The Hall–Kier alpha value is -3.68. The van der Waals surface area contributed by atoms with Crippen LogP contribution in [0.15, 0.2) is 83.8 Å². The lowest BCUT2D eigenvalue weighted by Crippen LogP contribution is -2.23. The second kappa shape index (κ2) is 8.69. The van der Waals surface area contributed by atoms with Gasteiger partial charge in [0, 0.05) is 47.9 Å². The van der Waals surface area contributed by atoms with E-state index in [4.69, 9.17) is 11.6 Å². The number of fused-ring (bicyclic) bond motifs is 1. The van der Waals surface area contributed by atoms with E-state index in [0.29, 0.717) is 33.6 Å². The second-order valence-electron chi connectivity index (χ2n) is 7.63. The molecule has 6 nitrogen and oxygen atoms in total. The van der Waals surface area contributed by atoms with Gasteiger partial charge in [-0.2, -0.15) is 0 Å². The van der Waals surface area contributed by atoms with Crippen molar-refractivity contribution >= 4 is 40.4 Å². The third-order valence-corrected chi connectivity index (χ3v) is 6.70. The fourth-order valence-corrected chi connectivity index (χ4v) is 4.86. The summed E-state index contributed by atoms with van der Waals surface area (Å²) in [7, 11) is 0. The Kier molecular flexibility index (Phi) is 5.58. The normalized spacial score (nSPS) is 12.6. The van der Waals surface area contributed by atoms with Crippen LogP contribution in [-0.2, 0) is 13.1 Å². The van der Waals surface area contributed by atoms with E-state index in [9.17, 15) is 14.4 Å². The molecule has 1 aliphatic rings. The minimum Gasteiger partial charge on any atom is -0.330 e. The van der Waals surface area contributed by atoms with Crippen molar-refractivity contribution in [1.82, 2.24) is 9.47 Å². The van der Waals surface area contributed by atoms with Crippen molar-refractivity contribution in [1.29, 1.82) is 0 Å². The highest BCUT2D eigenvalue weighted by Gasteiger charge is 2.30. The van der Waals surface area contributed by atoms with Gasteiger partial charge in [0.2, 0.25) is 0 Å². The average Bonchev–Trinajstić information content (AvgIpc) is 3.39. The number of anilines is 1. The van der Waals surface area contributed by atoms with Crippen molar-refractivity contribution in [3.05, 3.63) is 115 Å². The molecule has 0 atom stereocenters. The molecular weight excluding hydrogens is 458 g/mol. The number of benzene rings is 2. The van der Waals surface area contributed by atoms with Crippen LogP contribution in [0.2, 0.25) is 4.34 Å². The summed E-state index contributed by atoms with van der Waals surface area (Å²) in [6.45, 7) is 0.766. The first-order valence-electron chi connectivity index (χ1n) is 10.2. The van der Waals surface area contributed by atoms with E-state index in [2.05, 4.69) is 5.32 Å². The van der Waals surface area contributed by atoms with Gasteiger partial charge in [-0.25, -0.2) is 0 Å². The van der Waals surface area contributed by atoms with Crippen molar-refractivity contribution in [2.24, 2.45) is 0 Å². The van der Waals surface area contributed by atoms with Gasteiger partial charge in [0.15, 0.2) is 0 Å². The van der Waals surface area contributed by atoms with Crippen LogP contribution in [0.1, 0.15) is 31.2 Å². The highest BCUT2D eigenvalue weighted by atomic mass is 35.5. The molecule has 33 heavy (non-hydrogen) atoms. The molecule has 1 aliphatic heterocycles. The van der Waals surface area contributed by atoms with E-state index in [0.717, 1.165) is 16.8 Å². The topological polar surface area (TPSA) is 71.4 Å². The van der Waals surface area contributed by atoms with Gasteiger partial charge in [-0.15, -0.1) is 11.3 Å². The maximum absolute atomic E-state index is 13.1. The maximum Gasteiger partial charge on any atom is 0.265 e. The number of carbonyl (C=O) groups excluding carboxylic acids is 2. The molecule has 164 valence electrons. The summed E-state index contributed by atoms with van der Waals surface area (Å²) < 4.78 is 2.11. The Morgan fingerprint density at radius 1 is 1.00 bits per heavy atom. The van der Waals surface area contributed by atoms with Crippen molar-refractivity contribution in [2.45, 2.75) is 13.1 Å². The zero-order chi connectivity index (χ0) is 22.9. The number of nitrogens with one attached hydrogen (secondary N) is 1. The van der Waals surface area contributed by atoms with E-state index >= 15 is 0 Å². The molecular formula is C25H18ClN3O3S. The molecule has 0 spiro atoms. The number of rotatable bonds is 5. The lowest BCUT2D eigenvalue weighted by atomic mass is 10.1. The highest BCUT2D eigenvalue weighted by Crippen LogP contribution is 2.31. The summed E-state index contributed by atoms with van der Waals surface area (Å²) in [5, 5.41) is 2.91. The Bertz CT molecular complexity index is 1440. The molecule has 2 aromatic carbocycles. The molecule has 0 aliphatic carbocycles. The van der Waals surface area contributed by atoms with Crippen LogP contribution in [0.3, 0.4) is 0 Å². The molecule has 0 fully saturated rings. The van der Waals surface area contributed by atoms with E-state index < -0.39 is 0 Å². The van der Waals surface area contributed by atoms with Crippen molar-refractivity contribution in [3.8, 4) is 5.69 Å². The van der Waals surface area contributed by atoms with Gasteiger partial charge in [0.05, 0.1) is 9.21 Å². The molecule has 2 aromatic heterocycles. The Labute approximate surface area is 198 Å². The molecule has 3 heterocycles. The standard InChI is InChI=1S/C25H18ClN3O3S/c26-22-11-10-21(33-22)24(31)27-20-8-4-7-18-19(20)15-28(25(18)32)14-16-5-3-6-17(13-16)29-12-2-1-9-23(29)30/h1-13H,14-15H2,(H,27,31). The van der Waals surface area contributed by atoms with Gasteiger partial charge < -0.3 is 10.2 Å². The first-order chi connectivity index (χ1) is 16.0. The van der Waals surface area contributed by atoms with Crippen LogP contribution in [-0.4, -0.2) is 21.3 Å². The van der Waals surface area contributed by atoms with E-state index in [-0.39, 0.29) is 17.4 Å². The van der Waals surface area contributed by atoms with Crippen LogP contribution < -0.4 is 10.9 Å². The largest absolute Gasteiger partial charge is 0.330 e. The third-order valence-electron chi connectivity index (χ3n) is 5.47. The van der Waals surface area contributed by atoms with Gasteiger partial charge in [0.25, 0.3) is 17.4 Å². The first kappa shape index (κ1) is 21.2. The number of halogens is 1. The van der Waals surface area contributed by atoms with Gasteiger partial charge in [-0.1, -0.05) is 35.9 Å². The molecule has 1 N–H and O–H groups in total. The summed E-state index contributed by atoms with van der Waals surface area (Å²) in [6, 6.07) is 21.3.